The molecule has 0 atom stereocenters. The summed E-state index contributed by atoms with van der Waals surface area (Å²) in [6, 6.07) is 14.8. The predicted molar refractivity (Wildman–Crippen MR) is 144 cm³/mol. The van der Waals surface area contributed by atoms with Crippen molar-refractivity contribution in [3.8, 4) is 5.75 Å². The van der Waals surface area contributed by atoms with Crippen LogP contribution in [0.3, 0.4) is 0 Å². The summed E-state index contributed by atoms with van der Waals surface area (Å²) in [5.41, 5.74) is 0.986. The van der Waals surface area contributed by atoms with Gasteiger partial charge in [-0.05, 0) is 55.9 Å². The van der Waals surface area contributed by atoms with E-state index >= 15 is 0 Å². The number of halogens is 1. The van der Waals surface area contributed by atoms with Gasteiger partial charge in [0.2, 0.25) is 11.8 Å². The number of benzene rings is 2. The van der Waals surface area contributed by atoms with Gasteiger partial charge >= 0.3 is 0 Å². The lowest BCUT2D eigenvalue weighted by Crippen LogP contribution is -2.49. The largest absolute Gasteiger partial charge is 0.491 e. The van der Waals surface area contributed by atoms with Gasteiger partial charge in [-0.25, -0.2) is 0 Å². The second kappa shape index (κ2) is 12.5. The van der Waals surface area contributed by atoms with Gasteiger partial charge in [-0.2, -0.15) is 0 Å². The molecule has 0 saturated carbocycles. The number of para-hydroxylation sites is 1. The maximum absolute atomic E-state index is 13.4. The van der Waals surface area contributed by atoms with E-state index in [0.717, 1.165) is 24.8 Å². The molecule has 3 heterocycles. The molecule has 2 aromatic rings. The molecular weight excluding hydrogens is 490 g/mol. The van der Waals surface area contributed by atoms with E-state index in [0.29, 0.717) is 74.8 Å². The Morgan fingerprint density at radius 3 is 2.46 bits per heavy atom. The third-order valence-electron chi connectivity index (χ3n) is 7.70. The summed E-state index contributed by atoms with van der Waals surface area (Å²) in [5.74, 6) is 0.531. The molecule has 3 amide bonds. The molecule has 198 valence electrons. The minimum Gasteiger partial charge on any atom is -0.491 e. The Hall–Kier alpha value is -3.06. The van der Waals surface area contributed by atoms with Crippen LogP contribution in [-0.2, 0) is 16.0 Å². The van der Waals surface area contributed by atoms with Crippen molar-refractivity contribution in [1.82, 2.24) is 15.1 Å². The summed E-state index contributed by atoms with van der Waals surface area (Å²) in [7, 11) is 1.68. The zero-order valence-electron chi connectivity index (χ0n) is 21.5. The second-order valence-electron chi connectivity index (χ2n) is 9.93. The molecule has 0 spiro atoms. The van der Waals surface area contributed by atoms with E-state index in [1.165, 1.54) is 0 Å². The standard InChI is InChI=1S/C29H36ClN3O4/c1-31-28(36)29-14-6-7-17-32(26(34)13-12-22-8-2-4-10-24(22)30)20-21-37-25-11-5-3-9-23(25)27(35)33(18-15-29)19-16-29/h2-5,8-11H,6-7,12-21H2,1H3,(H,31,36). The first kappa shape index (κ1) is 27.0. The van der Waals surface area contributed by atoms with Crippen molar-refractivity contribution in [3.63, 3.8) is 0 Å². The van der Waals surface area contributed by atoms with Crippen molar-refractivity contribution in [2.75, 3.05) is 39.8 Å². The zero-order chi connectivity index (χ0) is 26.3. The van der Waals surface area contributed by atoms with E-state index < -0.39 is 5.41 Å². The van der Waals surface area contributed by atoms with Crippen molar-refractivity contribution in [1.29, 1.82) is 0 Å². The number of ether oxygens (including phenoxy) is 1. The third kappa shape index (κ3) is 6.45. The highest BCUT2D eigenvalue weighted by atomic mass is 35.5. The number of nitrogens with one attached hydrogen (secondary N) is 1. The summed E-state index contributed by atoms with van der Waals surface area (Å²) < 4.78 is 6.05. The quantitative estimate of drug-likeness (QED) is 0.644. The monoisotopic (exact) mass is 525 g/mol. The number of hydrogen-bond acceptors (Lipinski definition) is 4. The van der Waals surface area contributed by atoms with Crippen molar-refractivity contribution in [3.05, 3.63) is 64.7 Å². The summed E-state index contributed by atoms with van der Waals surface area (Å²) in [4.78, 5) is 43.2. The van der Waals surface area contributed by atoms with Gasteiger partial charge in [0.05, 0.1) is 17.5 Å². The normalized spacial score (nSPS) is 18.3. The molecule has 7 nitrogen and oxygen atoms in total. The predicted octanol–water partition coefficient (Wildman–Crippen LogP) is 4.33. The molecule has 1 fully saturated rings. The summed E-state index contributed by atoms with van der Waals surface area (Å²) >= 11 is 6.29. The minimum atomic E-state index is -0.485. The van der Waals surface area contributed by atoms with Crippen LogP contribution in [0.15, 0.2) is 48.5 Å². The topological polar surface area (TPSA) is 79.0 Å². The fraction of sp³-hybridized carbons (Fsp3) is 0.483. The number of fused-ring (bicyclic) bond motifs is 9. The number of hydrogen-bond donors (Lipinski definition) is 1. The SMILES string of the molecule is CNC(=O)C12CCCCN(C(=O)CCc3ccccc3Cl)CCOc3ccccc3C(=O)N(CC1)CC2. The number of piperidine rings is 1. The summed E-state index contributed by atoms with van der Waals surface area (Å²) in [6.45, 7) is 2.39. The number of nitrogens with zero attached hydrogens (tertiary/aromatic N) is 2. The number of carbonyl (C=O) groups excluding carboxylic acids is 3. The van der Waals surface area contributed by atoms with Crippen LogP contribution in [0.4, 0.5) is 0 Å². The third-order valence-corrected chi connectivity index (χ3v) is 8.07. The molecule has 0 aliphatic carbocycles. The molecule has 1 saturated heterocycles. The minimum absolute atomic E-state index is 0.0420. The lowest BCUT2D eigenvalue weighted by molar-refractivity contribution is -0.134. The van der Waals surface area contributed by atoms with Crippen LogP contribution in [-0.4, -0.2) is 67.4 Å². The molecule has 2 bridgehead atoms. The van der Waals surface area contributed by atoms with Crippen molar-refractivity contribution in [2.24, 2.45) is 5.41 Å². The maximum Gasteiger partial charge on any atom is 0.257 e. The molecule has 0 unspecified atom stereocenters. The van der Waals surface area contributed by atoms with Crippen LogP contribution in [0, 0.1) is 5.41 Å². The first-order valence-corrected chi connectivity index (χ1v) is 13.6. The van der Waals surface area contributed by atoms with Gasteiger partial charge in [-0.1, -0.05) is 48.4 Å². The highest BCUT2D eigenvalue weighted by Gasteiger charge is 2.41. The molecule has 8 heteroatoms. The van der Waals surface area contributed by atoms with Crippen LogP contribution in [0.25, 0.3) is 0 Å². The Labute approximate surface area is 224 Å². The number of aryl methyl sites for hydroxylation is 1. The first-order valence-electron chi connectivity index (χ1n) is 13.2. The molecule has 3 aliphatic heterocycles. The molecular formula is C29H36ClN3O4. The van der Waals surface area contributed by atoms with Crippen molar-refractivity contribution >= 4 is 29.3 Å². The average Bonchev–Trinajstić information content (AvgIpc) is 2.93. The lowest BCUT2D eigenvalue weighted by Gasteiger charge is -2.40. The van der Waals surface area contributed by atoms with Gasteiger partial charge in [0.25, 0.3) is 5.91 Å². The van der Waals surface area contributed by atoms with Gasteiger partial charge in [0.15, 0.2) is 0 Å². The van der Waals surface area contributed by atoms with Crippen molar-refractivity contribution in [2.45, 2.75) is 44.9 Å². The smallest absolute Gasteiger partial charge is 0.257 e. The molecule has 1 N–H and O–H groups in total. The molecule has 5 rings (SSSR count). The Morgan fingerprint density at radius 2 is 1.70 bits per heavy atom. The molecule has 37 heavy (non-hydrogen) atoms. The lowest BCUT2D eigenvalue weighted by atomic mass is 9.73. The average molecular weight is 526 g/mol. The van der Waals surface area contributed by atoms with E-state index in [2.05, 4.69) is 5.32 Å². The highest BCUT2D eigenvalue weighted by molar-refractivity contribution is 6.31. The molecule has 3 aliphatic rings. The second-order valence-corrected chi connectivity index (χ2v) is 10.3. The van der Waals surface area contributed by atoms with E-state index in [1.807, 2.05) is 46.2 Å². The van der Waals surface area contributed by atoms with Gasteiger partial charge < -0.3 is 19.9 Å². The summed E-state index contributed by atoms with van der Waals surface area (Å²) in [6.07, 6.45) is 4.55. The highest BCUT2D eigenvalue weighted by Crippen LogP contribution is 2.38. The van der Waals surface area contributed by atoms with Crippen LogP contribution in [0.2, 0.25) is 5.02 Å². The fourth-order valence-electron chi connectivity index (χ4n) is 5.43. The molecule has 2 aromatic carbocycles. The van der Waals surface area contributed by atoms with Crippen LogP contribution in [0.5, 0.6) is 5.75 Å². The van der Waals surface area contributed by atoms with Crippen molar-refractivity contribution < 1.29 is 19.1 Å². The maximum atomic E-state index is 13.4. The number of carbonyl (C=O) groups is 3. The van der Waals surface area contributed by atoms with E-state index in [-0.39, 0.29) is 17.7 Å². The number of amides is 3. The fourth-order valence-corrected chi connectivity index (χ4v) is 5.66. The van der Waals surface area contributed by atoms with E-state index in [9.17, 15) is 14.4 Å². The zero-order valence-corrected chi connectivity index (χ0v) is 22.3. The molecule has 0 radical (unpaired) electrons. The van der Waals surface area contributed by atoms with Gasteiger partial charge in [0, 0.05) is 38.1 Å². The Morgan fingerprint density at radius 1 is 0.973 bits per heavy atom. The first-order chi connectivity index (χ1) is 17.9. The Kier molecular flexibility index (Phi) is 9.09. The Bertz CT molecular complexity index is 1110. The van der Waals surface area contributed by atoms with E-state index in [1.54, 1.807) is 19.2 Å². The van der Waals surface area contributed by atoms with E-state index in [4.69, 9.17) is 16.3 Å². The Balaban J connectivity index is 1.52. The summed E-state index contributed by atoms with van der Waals surface area (Å²) in [5, 5.41) is 3.52. The number of rotatable bonds is 4. The van der Waals surface area contributed by atoms with Crippen LogP contribution in [0.1, 0.15) is 54.4 Å². The van der Waals surface area contributed by atoms with Gasteiger partial charge in [-0.3, -0.25) is 14.4 Å². The van der Waals surface area contributed by atoms with Gasteiger partial charge in [0.1, 0.15) is 12.4 Å². The van der Waals surface area contributed by atoms with Crippen LogP contribution >= 0.6 is 11.6 Å². The van der Waals surface area contributed by atoms with Gasteiger partial charge in [-0.15, -0.1) is 0 Å². The van der Waals surface area contributed by atoms with Crippen LogP contribution < -0.4 is 10.1 Å². The molecule has 0 aromatic heterocycles.